The fraction of sp³-hybridized carbons (Fsp3) is 0.286. The predicted octanol–water partition coefficient (Wildman–Crippen LogP) is 6.80. The molecule has 2 rings (SSSR count). The van der Waals surface area contributed by atoms with Crippen molar-refractivity contribution in [1.29, 1.82) is 0 Å². The van der Waals surface area contributed by atoms with Crippen LogP contribution in [0.25, 0.3) is 6.08 Å². The third-order valence-corrected chi connectivity index (χ3v) is 4.72. The number of aryl methyl sites for hydroxylation is 1. The molecule has 0 saturated heterocycles. The summed E-state index contributed by atoms with van der Waals surface area (Å²) < 4.78 is 77.9. The normalized spacial score (nSPS) is 13.6. The number of rotatable bonds is 6. The summed E-state index contributed by atoms with van der Waals surface area (Å²) >= 11 is 11.6. The van der Waals surface area contributed by atoms with Gasteiger partial charge in [0.1, 0.15) is 6.54 Å². The molecule has 1 unspecified atom stereocenters. The van der Waals surface area contributed by atoms with Crippen molar-refractivity contribution >= 4 is 35.2 Å². The van der Waals surface area contributed by atoms with Crippen molar-refractivity contribution in [2.45, 2.75) is 25.2 Å². The Morgan fingerprint density at radius 3 is 2.16 bits per heavy atom. The van der Waals surface area contributed by atoms with E-state index >= 15 is 0 Å². The first-order valence-electron chi connectivity index (χ1n) is 9.06. The van der Waals surface area contributed by atoms with Crippen LogP contribution in [-0.4, -0.2) is 36.9 Å². The van der Waals surface area contributed by atoms with Gasteiger partial charge in [0.15, 0.2) is 0 Å². The third-order valence-electron chi connectivity index (χ3n) is 4.28. The van der Waals surface area contributed by atoms with Crippen LogP contribution in [0.2, 0.25) is 10.0 Å². The standard InChI is InChI=1S/C21H18Cl2F6N2O/c1-12-7-13(3-5-17(12)19(32)30-31(2)11-20(24,25)26)4-6-18(21(27,28)29)14-8-15(22)10-16(23)9-14/h3-10,18H,11H2,1-2H3,(H,30,32)/b6-4+. The van der Waals surface area contributed by atoms with Crippen molar-refractivity contribution in [1.82, 2.24) is 10.4 Å². The number of allylic oxidation sites excluding steroid dienone is 1. The van der Waals surface area contributed by atoms with Gasteiger partial charge in [-0.15, -0.1) is 0 Å². The van der Waals surface area contributed by atoms with Crippen LogP contribution in [0.5, 0.6) is 0 Å². The zero-order valence-electron chi connectivity index (χ0n) is 16.8. The lowest BCUT2D eigenvalue weighted by Crippen LogP contribution is -2.44. The maximum Gasteiger partial charge on any atom is 0.403 e. The molecular formula is C21H18Cl2F6N2O. The SMILES string of the molecule is Cc1cc(/C=C/C(c2cc(Cl)cc(Cl)c2)C(F)(F)F)ccc1C(=O)NN(C)CC(F)(F)F. The number of carbonyl (C=O) groups is 1. The minimum atomic E-state index is -4.61. The highest BCUT2D eigenvalue weighted by atomic mass is 35.5. The molecule has 0 aliphatic rings. The minimum Gasteiger partial charge on any atom is -0.285 e. The number of carbonyl (C=O) groups excluding carboxylic acids is 1. The number of hydrazine groups is 1. The highest BCUT2D eigenvalue weighted by molar-refractivity contribution is 6.34. The van der Waals surface area contributed by atoms with E-state index in [-0.39, 0.29) is 21.2 Å². The Labute approximate surface area is 190 Å². The minimum absolute atomic E-state index is 0.0665. The molecule has 1 atom stereocenters. The zero-order valence-corrected chi connectivity index (χ0v) is 18.3. The molecule has 2 aromatic rings. The fourth-order valence-corrected chi connectivity index (χ4v) is 3.50. The molecule has 0 heterocycles. The van der Waals surface area contributed by atoms with E-state index in [1.165, 1.54) is 49.4 Å². The van der Waals surface area contributed by atoms with E-state index in [1.807, 2.05) is 0 Å². The Balaban J connectivity index is 2.23. The van der Waals surface area contributed by atoms with Crippen molar-refractivity contribution in [2.24, 2.45) is 0 Å². The number of nitrogens with one attached hydrogen (secondary N) is 1. The van der Waals surface area contributed by atoms with Crippen LogP contribution in [0.3, 0.4) is 0 Å². The summed E-state index contributed by atoms with van der Waals surface area (Å²) in [6.45, 7) is 0.180. The van der Waals surface area contributed by atoms with Gasteiger partial charge in [-0.25, -0.2) is 5.01 Å². The number of amides is 1. The van der Waals surface area contributed by atoms with E-state index in [9.17, 15) is 31.1 Å². The van der Waals surface area contributed by atoms with E-state index in [4.69, 9.17) is 23.2 Å². The molecule has 0 saturated carbocycles. The van der Waals surface area contributed by atoms with E-state index in [2.05, 4.69) is 5.43 Å². The second-order valence-corrected chi connectivity index (χ2v) is 7.94. The van der Waals surface area contributed by atoms with Crippen LogP contribution in [0, 0.1) is 6.92 Å². The molecule has 32 heavy (non-hydrogen) atoms. The Morgan fingerprint density at radius 1 is 1.06 bits per heavy atom. The van der Waals surface area contributed by atoms with Crippen molar-refractivity contribution in [3.05, 3.63) is 74.8 Å². The third kappa shape index (κ3) is 7.72. The summed E-state index contributed by atoms with van der Waals surface area (Å²) in [5.74, 6) is -2.75. The Kier molecular flexibility index (Phi) is 8.25. The van der Waals surface area contributed by atoms with Gasteiger partial charge < -0.3 is 0 Å². The molecular weight excluding hydrogens is 481 g/mol. The summed E-state index contributed by atoms with van der Waals surface area (Å²) in [6, 6.07) is 7.83. The van der Waals surface area contributed by atoms with Gasteiger partial charge in [-0.1, -0.05) is 47.5 Å². The van der Waals surface area contributed by atoms with Crippen LogP contribution >= 0.6 is 23.2 Å². The Bertz CT molecular complexity index is 985. The second-order valence-electron chi connectivity index (χ2n) is 7.07. The van der Waals surface area contributed by atoms with Gasteiger partial charge in [0, 0.05) is 22.7 Å². The van der Waals surface area contributed by atoms with Gasteiger partial charge >= 0.3 is 12.4 Å². The van der Waals surface area contributed by atoms with E-state index in [0.29, 0.717) is 16.1 Å². The van der Waals surface area contributed by atoms with E-state index in [1.54, 1.807) is 0 Å². The molecule has 0 aromatic heterocycles. The number of alkyl halides is 6. The first kappa shape index (κ1) is 26.0. The molecule has 1 amide bonds. The zero-order chi connectivity index (χ0) is 24.3. The summed E-state index contributed by atoms with van der Waals surface area (Å²) in [4.78, 5) is 12.2. The van der Waals surface area contributed by atoms with Gasteiger partial charge in [-0.3, -0.25) is 10.2 Å². The molecule has 2 aromatic carbocycles. The lowest BCUT2D eigenvalue weighted by molar-refractivity contribution is -0.147. The Morgan fingerprint density at radius 2 is 1.66 bits per heavy atom. The van der Waals surface area contributed by atoms with Crippen LogP contribution < -0.4 is 5.43 Å². The van der Waals surface area contributed by atoms with Gasteiger partial charge in [0.2, 0.25) is 0 Å². The number of hydrogen-bond donors (Lipinski definition) is 1. The highest BCUT2D eigenvalue weighted by Crippen LogP contribution is 2.38. The van der Waals surface area contributed by atoms with Crippen molar-refractivity contribution < 1.29 is 31.1 Å². The van der Waals surface area contributed by atoms with Gasteiger partial charge in [0.05, 0.1) is 5.92 Å². The van der Waals surface area contributed by atoms with E-state index in [0.717, 1.165) is 13.1 Å². The van der Waals surface area contributed by atoms with Crippen LogP contribution in [0.1, 0.15) is 33.0 Å². The average molecular weight is 499 g/mol. The molecule has 0 spiro atoms. The molecule has 174 valence electrons. The van der Waals surface area contributed by atoms with Gasteiger partial charge in [0.25, 0.3) is 5.91 Å². The Hall–Kier alpha value is -2.23. The molecule has 3 nitrogen and oxygen atoms in total. The van der Waals surface area contributed by atoms with Crippen LogP contribution in [-0.2, 0) is 0 Å². The smallest absolute Gasteiger partial charge is 0.285 e. The highest BCUT2D eigenvalue weighted by Gasteiger charge is 2.39. The summed E-state index contributed by atoms with van der Waals surface area (Å²) in [6.07, 6.45) is -6.93. The first-order valence-corrected chi connectivity index (χ1v) is 9.82. The second kappa shape index (κ2) is 10.1. The number of hydrogen-bond acceptors (Lipinski definition) is 2. The fourth-order valence-electron chi connectivity index (χ4n) is 2.96. The van der Waals surface area contributed by atoms with Crippen LogP contribution in [0.15, 0.2) is 42.5 Å². The van der Waals surface area contributed by atoms with Gasteiger partial charge in [-0.05, 0) is 47.9 Å². The number of halogens is 8. The van der Waals surface area contributed by atoms with Gasteiger partial charge in [-0.2, -0.15) is 26.3 Å². The molecule has 0 bridgehead atoms. The lowest BCUT2D eigenvalue weighted by atomic mass is 9.96. The molecule has 0 fully saturated rings. The van der Waals surface area contributed by atoms with Crippen molar-refractivity contribution in [3.63, 3.8) is 0 Å². The molecule has 0 aliphatic carbocycles. The van der Waals surface area contributed by atoms with Crippen molar-refractivity contribution in [2.75, 3.05) is 13.6 Å². The monoisotopic (exact) mass is 498 g/mol. The lowest BCUT2D eigenvalue weighted by Gasteiger charge is -2.20. The molecule has 1 N–H and O–H groups in total. The maximum absolute atomic E-state index is 13.6. The van der Waals surface area contributed by atoms with Crippen LogP contribution in [0.4, 0.5) is 26.3 Å². The summed E-state index contributed by atoms with van der Waals surface area (Å²) in [5, 5.41) is 0.730. The summed E-state index contributed by atoms with van der Waals surface area (Å²) in [7, 11) is 1.07. The quantitative estimate of drug-likeness (QED) is 0.350. The molecule has 0 radical (unpaired) electrons. The molecule has 0 aliphatic heterocycles. The average Bonchev–Trinajstić information content (AvgIpc) is 2.58. The molecule has 11 heteroatoms. The van der Waals surface area contributed by atoms with Crippen molar-refractivity contribution in [3.8, 4) is 0 Å². The largest absolute Gasteiger partial charge is 0.403 e. The topological polar surface area (TPSA) is 32.3 Å². The van der Waals surface area contributed by atoms with E-state index < -0.39 is 30.7 Å². The summed E-state index contributed by atoms with van der Waals surface area (Å²) in [5.41, 5.74) is 2.79. The number of nitrogens with zero attached hydrogens (tertiary/aromatic N) is 1. The number of benzene rings is 2. The maximum atomic E-state index is 13.6. The predicted molar refractivity (Wildman–Crippen MR) is 112 cm³/mol. The first-order chi connectivity index (χ1) is 14.7.